The lowest BCUT2D eigenvalue weighted by Gasteiger charge is -2.18. The molecule has 1 aromatic rings. The third-order valence-electron chi connectivity index (χ3n) is 1.95. The molecule has 0 amide bonds. The highest BCUT2D eigenvalue weighted by atomic mass is 35.5. The largest absolute Gasteiger partial charge is 0.252 e. The third-order valence-corrected chi connectivity index (χ3v) is 5.65. The summed E-state index contributed by atoms with van der Waals surface area (Å²) < 4.78 is 25.7. The van der Waals surface area contributed by atoms with Gasteiger partial charge in [0.25, 0.3) is 10.0 Å². The lowest BCUT2D eigenvalue weighted by atomic mass is 10.5. The lowest BCUT2D eigenvalue weighted by Crippen LogP contribution is -2.34. The van der Waals surface area contributed by atoms with Gasteiger partial charge in [0.1, 0.15) is 15.2 Å². The molecule has 1 heterocycles. The number of alkyl halides is 2. The normalized spacial score (nSPS) is 11.6. The van der Waals surface area contributed by atoms with Crippen molar-refractivity contribution in [2.45, 2.75) is 4.21 Å². The second kappa shape index (κ2) is 6.57. The van der Waals surface area contributed by atoms with Crippen molar-refractivity contribution in [3.05, 3.63) is 17.0 Å². The lowest BCUT2D eigenvalue weighted by molar-refractivity contribution is 0.450. The van der Waals surface area contributed by atoms with E-state index in [1.54, 1.807) is 0 Å². The van der Waals surface area contributed by atoms with Gasteiger partial charge in [-0.1, -0.05) is 0 Å². The van der Waals surface area contributed by atoms with E-state index in [4.69, 9.17) is 28.5 Å². The minimum absolute atomic E-state index is 0.143. The van der Waals surface area contributed by atoms with E-state index in [1.165, 1.54) is 16.4 Å². The fraction of sp³-hybridized carbons (Fsp3) is 0.444. The summed E-state index contributed by atoms with van der Waals surface area (Å²) >= 11 is 12.1. The molecule has 1 rings (SSSR count). The summed E-state index contributed by atoms with van der Waals surface area (Å²) in [5.41, 5.74) is 0. The zero-order chi connectivity index (χ0) is 12.9. The van der Waals surface area contributed by atoms with E-state index in [1.807, 2.05) is 6.07 Å². The predicted octanol–water partition coefficient (Wildman–Crippen LogP) is 2.09. The Labute approximate surface area is 114 Å². The van der Waals surface area contributed by atoms with E-state index < -0.39 is 10.0 Å². The van der Waals surface area contributed by atoms with Gasteiger partial charge in [-0.3, -0.25) is 0 Å². The van der Waals surface area contributed by atoms with Crippen molar-refractivity contribution in [2.24, 2.45) is 0 Å². The second-order valence-corrected chi connectivity index (χ2v) is 7.02. The van der Waals surface area contributed by atoms with Gasteiger partial charge >= 0.3 is 0 Å². The molecule has 94 valence electrons. The second-order valence-electron chi connectivity index (χ2n) is 3.01. The topological polar surface area (TPSA) is 61.2 Å². The van der Waals surface area contributed by atoms with Crippen LogP contribution in [0.1, 0.15) is 4.88 Å². The van der Waals surface area contributed by atoms with Crippen LogP contribution in [0, 0.1) is 11.3 Å². The Balaban J connectivity index is 3.03. The molecule has 0 N–H and O–H groups in total. The maximum atomic E-state index is 12.2. The number of hydrogen-bond acceptors (Lipinski definition) is 4. The molecule has 0 aliphatic carbocycles. The van der Waals surface area contributed by atoms with Crippen molar-refractivity contribution < 1.29 is 8.42 Å². The number of sulfonamides is 1. The van der Waals surface area contributed by atoms with Gasteiger partial charge in [0.15, 0.2) is 0 Å². The molecule has 0 saturated heterocycles. The minimum Gasteiger partial charge on any atom is -0.206 e. The van der Waals surface area contributed by atoms with Crippen LogP contribution in [-0.2, 0) is 10.0 Å². The molecular weight excluding hydrogens is 303 g/mol. The van der Waals surface area contributed by atoms with Crippen LogP contribution in [0.3, 0.4) is 0 Å². The maximum Gasteiger partial charge on any atom is 0.252 e. The average molecular weight is 313 g/mol. The van der Waals surface area contributed by atoms with E-state index in [2.05, 4.69) is 0 Å². The molecule has 0 aliphatic heterocycles. The third kappa shape index (κ3) is 3.57. The van der Waals surface area contributed by atoms with Gasteiger partial charge in [0, 0.05) is 24.8 Å². The monoisotopic (exact) mass is 312 g/mol. The molecule has 0 saturated carbocycles. The average Bonchev–Trinajstić information content (AvgIpc) is 2.78. The smallest absolute Gasteiger partial charge is 0.206 e. The summed E-state index contributed by atoms with van der Waals surface area (Å²) in [5, 5.41) is 8.67. The Bertz CT molecular complexity index is 501. The summed E-state index contributed by atoms with van der Waals surface area (Å²) in [4.78, 5) is 0.361. The molecule has 0 bridgehead atoms. The van der Waals surface area contributed by atoms with E-state index >= 15 is 0 Å². The van der Waals surface area contributed by atoms with E-state index in [0.29, 0.717) is 4.88 Å². The van der Waals surface area contributed by atoms with Crippen molar-refractivity contribution in [3.8, 4) is 6.07 Å². The molecule has 0 unspecified atom stereocenters. The van der Waals surface area contributed by atoms with Crippen LogP contribution in [0.15, 0.2) is 16.3 Å². The standard InChI is InChI=1S/C9H10Cl2N2O2S2/c10-3-5-13(6-4-11)17(14,15)9-2-1-8(7-12)16-9/h1-2H,3-6H2. The molecule has 0 atom stereocenters. The van der Waals surface area contributed by atoms with Gasteiger partial charge in [-0.2, -0.15) is 9.57 Å². The molecule has 0 fully saturated rings. The van der Waals surface area contributed by atoms with Crippen molar-refractivity contribution >= 4 is 44.6 Å². The number of halogens is 2. The minimum atomic E-state index is -3.58. The fourth-order valence-electron chi connectivity index (χ4n) is 1.19. The first-order chi connectivity index (χ1) is 8.06. The molecular formula is C9H10Cl2N2O2S2. The molecule has 0 radical (unpaired) electrons. The first-order valence-corrected chi connectivity index (χ1v) is 8.01. The molecule has 0 spiro atoms. The predicted molar refractivity (Wildman–Crippen MR) is 69.2 cm³/mol. The van der Waals surface area contributed by atoms with Crippen LogP contribution >= 0.6 is 34.5 Å². The van der Waals surface area contributed by atoms with Gasteiger partial charge in [-0.05, 0) is 12.1 Å². The highest BCUT2D eigenvalue weighted by Crippen LogP contribution is 2.24. The van der Waals surface area contributed by atoms with Crippen molar-refractivity contribution in [1.82, 2.24) is 4.31 Å². The molecule has 1 aromatic heterocycles. The highest BCUT2D eigenvalue weighted by Gasteiger charge is 2.25. The summed E-state index contributed by atoms with van der Waals surface area (Å²) in [7, 11) is -3.58. The van der Waals surface area contributed by atoms with Crippen LogP contribution in [0.4, 0.5) is 0 Å². The van der Waals surface area contributed by atoms with Crippen molar-refractivity contribution in [3.63, 3.8) is 0 Å². The van der Waals surface area contributed by atoms with Gasteiger partial charge < -0.3 is 0 Å². The van der Waals surface area contributed by atoms with Crippen molar-refractivity contribution in [1.29, 1.82) is 5.26 Å². The van der Waals surface area contributed by atoms with Crippen LogP contribution in [0.5, 0.6) is 0 Å². The highest BCUT2D eigenvalue weighted by molar-refractivity contribution is 7.91. The zero-order valence-electron chi connectivity index (χ0n) is 8.77. The Morgan fingerprint density at radius 1 is 1.29 bits per heavy atom. The Morgan fingerprint density at radius 3 is 2.29 bits per heavy atom. The summed E-state index contributed by atoms with van der Waals surface area (Å²) in [6, 6.07) is 4.81. The number of nitrogens with zero attached hydrogens (tertiary/aromatic N) is 2. The van der Waals surface area contributed by atoms with E-state index in [-0.39, 0.29) is 29.1 Å². The van der Waals surface area contributed by atoms with Gasteiger partial charge in [0.2, 0.25) is 0 Å². The fourth-order valence-corrected chi connectivity index (χ4v) is 4.49. The Kier molecular flexibility index (Phi) is 5.70. The maximum absolute atomic E-state index is 12.2. The molecule has 8 heteroatoms. The summed E-state index contributed by atoms with van der Waals surface area (Å²) in [6.45, 7) is 0.410. The Hall–Kier alpha value is -0.320. The molecule has 0 aliphatic rings. The number of rotatable bonds is 6. The zero-order valence-corrected chi connectivity index (χ0v) is 11.9. The van der Waals surface area contributed by atoms with Crippen molar-refractivity contribution in [2.75, 3.05) is 24.8 Å². The number of hydrogen-bond donors (Lipinski definition) is 0. The van der Waals surface area contributed by atoms with Gasteiger partial charge in [0.05, 0.1) is 0 Å². The number of nitriles is 1. The van der Waals surface area contributed by atoms with E-state index in [0.717, 1.165) is 11.3 Å². The first-order valence-electron chi connectivity index (χ1n) is 4.68. The quantitative estimate of drug-likeness (QED) is 0.756. The molecule has 0 aromatic carbocycles. The molecule has 4 nitrogen and oxygen atoms in total. The van der Waals surface area contributed by atoms with E-state index in [9.17, 15) is 8.42 Å². The van der Waals surface area contributed by atoms with Crippen LogP contribution in [0.25, 0.3) is 0 Å². The Morgan fingerprint density at radius 2 is 1.88 bits per heavy atom. The van der Waals surface area contributed by atoms with Crippen LogP contribution in [-0.4, -0.2) is 37.6 Å². The summed E-state index contributed by atoms with van der Waals surface area (Å²) in [6.07, 6.45) is 0. The van der Waals surface area contributed by atoms with Gasteiger partial charge in [-0.25, -0.2) is 8.42 Å². The first kappa shape index (κ1) is 14.7. The van der Waals surface area contributed by atoms with Crippen LogP contribution in [0.2, 0.25) is 0 Å². The van der Waals surface area contributed by atoms with Crippen LogP contribution < -0.4 is 0 Å². The SMILES string of the molecule is N#Cc1ccc(S(=O)(=O)N(CCCl)CCCl)s1. The number of thiophene rings is 1. The molecule has 17 heavy (non-hydrogen) atoms. The van der Waals surface area contributed by atoms with Gasteiger partial charge in [-0.15, -0.1) is 34.5 Å². The summed E-state index contributed by atoms with van der Waals surface area (Å²) in [5.74, 6) is 0.402.